The van der Waals surface area contributed by atoms with E-state index in [9.17, 15) is 27.6 Å². The lowest BCUT2D eigenvalue weighted by Crippen LogP contribution is -2.45. The third-order valence-corrected chi connectivity index (χ3v) is 6.77. The van der Waals surface area contributed by atoms with Gasteiger partial charge in [0.1, 0.15) is 0 Å². The molecule has 0 spiro atoms. The Hall–Kier alpha value is -4.42. The maximum atomic E-state index is 13.6. The van der Waals surface area contributed by atoms with Gasteiger partial charge in [-0.25, -0.2) is 4.79 Å². The minimum Gasteiger partial charge on any atom is -0.359 e. The summed E-state index contributed by atoms with van der Waals surface area (Å²) >= 11 is 0. The van der Waals surface area contributed by atoms with Crippen molar-refractivity contribution in [1.82, 2.24) is 10.6 Å². The fraction of sp³-hybridized carbons (Fsp3) is 0.370. The van der Waals surface area contributed by atoms with Crippen molar-refractivity contribution in [3.63, 3.8) is 0 Å². The lowest BCUT2D eigenvalue weighted by Gasteiger charge is -2.22. The molecule has 1 aromatic heterocycles. The van der Waals surface area contributed by atoms with Crippen LogP contribution < -0.4 is 25.9 Å². The number of aromatic nitrogens is 2. The summed E-state index contributed by atoms with van der Waals surface area (Å²) in [5.41, 5.74) is 0.267. The second-order valence-electron chi connectivity index (χ2n) is 9.71. The number of benzene rings is 2. The molecule has 1 heterocycles. The van der Waals surface area contributed by atoms with Crippen molar-refractivity contribution >= 4 is 35.1 Å². The number of hydrogen-bond acceptors (Lipinski definition) is 5. The minimum atomic E-state index is -4.72. The zero-order valence-electron chi connectivity index (χ0n) is 22.0. The summed E-state index contributed by atoms with van der Waals surface area (Å²) in [5.74, 6) is -0.728. The largest absolute Gasteiger partial charge is 0.416 e. The molecule has 0 unspecified atom stereocenters. The van der Waals surface area contributed by atoms with Gasteiger partial charge >= 0.3 is 18.1 Å². The van der Waals surface area contributed by atoms with Gasteiger partial charge in [0.15, 0.2) is 6.04 Å². The molecule has 2 aromatic carbocycles. The van der Waals surface area contributed by atoms with Crippen LogP contribution in [-0.4, -0.2) is 30.2 Å². The van der Waals surface area contributed by atoms with Crippen LogP contribution in [0, 0.1) is 12.8 Å². The van der Waals surface area contributed by atoms with E-state index in [1.165, 1.54) is 16.9 Å². The van der Waals surface area contributed by atoms with Gasteiger partial charge in [-0.2, -0.15) is 13.2 Å². The van der Waals surface area contributed by atoms with Crippen LogP contribution in [0.1, 0.15) is 48.4 Å². The number of carbonyl (C=O) groups is 3. The van der Waals surface area contributed by atoms with Gasteiger partial charge in [-0.15, -0.1) is 0 Å². The Kier molecular flexibility index (Phi) is 8.70. The quantitative estimate of drug-likeness (QED) is 0.315. The summed E-state index contributed by atoms with van der Waals surface area (Å²) in [7, 11) is 1.59. The summed E-state index contributed by atoms with van der Waals surface area (Å²) < 4.78 is 47.4. The maximum Gasteiger partial charge on any atom is 0.416 e. The zero-order valence-corrected chi connectivity index (χ0v) is 22.0. The van der Waals surface area contributed by atoms with E-state index in [0.29, 0.717) is 6.42 Å². The SMILES string of the molecule is CNC(=O)[C@H]1CCC[C@H]([n+]2cc(NC(=O)Nc3cc(NC(=O)Cc4ccccc4C)cc(C(F)(F)F)c3)on2)C1. The molecule has 4 N–H and O–H groups in total. The molecule has 2 atom stereocenters. The Balaban J connectivity index is 1.42. The standard InChI is InChI=1S/C27H29F3N6O4/c1-16-6-3-4-7-17(16)11-23(37)32-20-12-19(27(28,29)30)13-21(14-20)33-26(39)34-24-15-36(35-40-24)22-9-5-8-18(10-22)25(38)31-2/h3-4,6-7,12-15,18,22H,5,8-11H2,1-2H3,(H3-,31,32,33,34,35,37,38,39)/p+1/t18-,22-/m0/s1. The van der Waals surface area contributed by atoms with E-state index in [0.717, 1.165) is 42.5 Å². The molecule has 1 aliphatic rings. The molecule has 10 nitrogen and oxygen atoms in total. The number of halogens is 3. The molecule has 4 rings (SSSR count). The van der Waals surface area contributed by atoms with Gasteiger partial charge in [-0.05, 0) is 53.8 Å². The minimum absolute atomic E-state index is 0.0253. The van der Waals surface area contributed by atoms with Crippen LogP contribution in [0.3, 0.4) is 0 Å². The lowest BCUT2D eigenvalue weighted by atomic mass is 9.85. The van der Waals surface area contributed by atoms with Gasteiger partial charge in [0, 0.05) is 37.2 Å². The van der Waals surface area contributed by atoms with E-state index in [-0.39, 0.29) is 41.5 Å². The van der Waals surface area contributed by atoms with Crippen LogP contribution in [0.5, 0.6) is 0 Å². The summed E-state index contributed by atoms with van der Waals surface area (Å²) in [6.45, 7) is 1.83. The Labute approximate surface area is 228 Å². The average Bonchev–Trinajstić information content (AvgIpc) is 3.37. The third kappa shape index (κ3) is 7.36. The van der Waals surface area contributed by atoms with Gasteiger partial charge in [-0.3, -0.25) is 19.4 Å². The van der Waals surface area contributed by atoms with E-state index in [2.05, 4.69) is 26.5 Å². The Morgan fingerprint density at radius 2 is 1.77 bits per heavy atom. The van der Waals surface area contributed by atoms with Gasteiger partial charge < -0.3 is 16.0 Å². The average molecular weight is 560 g/mol. The number of anilines is 3. The fourth-order valence-electron chi connectivity index (χ4n) is 4.73. The lowest BCUT2D eigenvalue weighted by molar-refractivity contribution is -0.787. The molecule has 40 heavy (non-hydrogen) atoms. The van der Waals surface area contributed by atoms with Crippen molar-refractivity contribution in [2.75, 3.05) is 23.0 Å². The summed E-state index contributed by atoms with van der Waals surface area (Å²) in [5, 5.41) is 13.8. The first kappa shape index (κ1) is 28.6. The van der Waals surface area contributed by atoms with Crippen LogP contribution in [-0.2, 0) is 22.2 Å². The highest BCUT2D eigenvalue weighted by atomic mass is 19.4. The smallest absolute Gasteiger partial charge is 0.359 e. The highest BCUT2D eigenvalue weighted by Gasteiger charge is 2.35. The number of hydrogen-bond donors (Lipinski definition) is 4. The van der Waals surface area contributed by atoms with E-state index in [4.69, 9.17) is 4.52 Å². The second-order valence-corrected chi connectivity index (χ2v) is 9.71. The number of amides is 4. The molecular weight excluding hydrogens is 529 g/mol. The van der Waals surface area contributed by atoms with Crippen LogP contribution in [0.25, 0.3) is 0 Å². The highest BCUT2D eigenvalue weighted by Crippen LogP contribution is 2.34. The summed E-state index contributed by atoms with van der Waals surface area (Å²) in [4.78, 5) is 37.1. The van der Waals surface area contributed by atoms with Crippen molar-refractivity contribution < 1.29 is 36.8 Å². The van der Waals surface area contributed by atoms with Crippen molar-refractivity contribution in [3.05, 3.63) is 65.4 Å². The van der Waals surface area contributed by atoms with Crippen molar-refractivity contribution in [2.45, 2.75) is 51.2 Å². The van der Waals surface area contributed by atoms with Gasteiger partial charge in [0.05, 0.1) is 12.0 Å². The molecule has 1 fully saturated rings. The molecule has 1 aliphatic carbocycles. The second kappa shape index (κ2) is 12.2. The van der Waals surface area contributed by atoms with Gasteiger partial charge in [0.25, 0.3) is 6.20 Å². The number of carbonyl (C=O) groups excluding carboxylic acids is 3. The molecule has 0 radical (unpaired) electrons. The van der Waals surface area contributed by atoms with Gasteiger partial charge in [-0.1, -0.05) is 24.3 Å². The third-order valence-electron chi connectivity index (χ3n) is 6.77. The maximum absolute atomic E-state index is 13.6. The molecule has 0 aliphatic heterocycles. The number of alkyl halides is 3. The number of aryl methyl sites for hydroxylation is 1. The Morgan fingerprint density at radius 1 is 1.05 bits per heavy atom. The fourth-order valence-corrected chi connectivity index (χ4v) is 4.73. The Bertz CT molecular complexity index is 1390. The molecule has 212 valence electrons. The normalized spacial score (nSPS) is 17.1. The zero-order chi connectivity index (χ0) is 28.9. The summed E-state index contributed by atoms with van der Waals surface area (Å²) in [6, 6.07) is 9.01. The van der Waals surface area contributed by atoms with Crippen molar-refractivity contribution in [2.24, 2.45) is 5.92 Å². The van der Waals surface area contributed by atoms with Crippen LogP contribution in [0.15, 0.2) is 53.2 Å². The van der Waals surface area contributed by atoms with E-state index in [1.807, 2.05) is 19.1 Å². The molecule has 13 heteroatoms. The first-order valence-electron chi connectivity index (χ1n) is 12.8. The molecule has 1 saturated carbocycles. The first-order chi connectivity index (χ1) is 19.0. The number of urea groups is 1. The molecule has 3 aromatic rings. The van der Waals surface area contributed by atoms with Crippen LogP contribution in [0.2, 0.25) is 0 Å². The monoisotopic (exact) mass is 559 g/mol. The van der Waals surface area contributed by atoms with E-state index < -0.39 is 23.7 Å². The van der Waals surface area contributed by atoms with Crippen LogP contribution in [0.4, 0.5) is 35.2 Å². The Morgan fingerprint density at radius 3 is 2.48 bits per heavy atom. The van der Waals surface area contributed by atoms with E-state index in [1.54, 1.807) is 19.2 Å². The predicted molar refractivity (Wildman–Crippen MR) is 139 cm³/mol. The predicted octanol–water partition coefficient (Wildman–Crippen LogP) is 4.59. The van der Waals surface area contributed by atoms with E-state index >= 15 is 0 Å². The number of nitrogens with zero attached hydrogens (tertiary/aromatic N) is 2. The molecular formula is C27H30F3N6O4+. The van der Waals surface area contributed by atoms with Crippen LogP contribution >= 0.6 is 0 Å². The number of nitrogens with one attached hydrogen (secondary N) is 4. The molecule has 4 amide bonds. The topological polar surface area (TPSA) is 129 Å². The summed E-state index contributed by atoms with van der Waals surface area (Å²) in [6.07, 6.45) is -0.350. The van der Waals surface area contributed by atoms with Crippen molar-refractivity contribution in [3.8, 4) is 0 Å². The highest BCUT2D eigenvalue weighted by molar-refractivity contribution is 6.00. The molecule has 0 bridgehead atoms. The molecule has 0 saturated heterocycles. The van der Waals surface area contributed by atoms with Crippen molar-refractivity contribution in [1.29, 1.82) is 0 Å². The number of rotatable bonds is 7. The first-order valence-corrected chi connectivity index (χ1v) is 12.8. The van der Waals surface area contributed by atoms with Gasteiger partial charge in [0.2, 0.25) is 17.1 Å².